The van der Waals surface area contributed by atoms with Gasteiger partial charge in [-0.2, -0.15) is 5.10 Å². The third-order valence-corrected chi connectivity index (χ3v) is 6.67. The summed E-state index contributed by atoms with van der Waals surface area (Å²) in [6.45, 7) is 2.02. The highest BCUT2D eigenvalue weighted by molar-refractivity contribution is 7.99. The number of rotatable bonds is 10. The van der Waals surface area contributed by atoms with Crippen molar-refractivity contribution in [2.24, 2.45) is 5.10 Å². The van der Waals surface area contributed by atoms with Gasteiger partial charge in [-0.25, -0.2) is 5.43 Å². The second kappa shape index (κ2) is 12.5. The van der Waals surface area contributed by atoms with E-state index in [-0.39, 0.29) is 11.7 Å². The molecule has 0 fully saturated rings. The zero-order chi connectivity index (χ0) is 27.1. The molecule has 38 heavy (non-hydrogen) atoms. The molecule has 196 valence electrons. The van der Waals surface area contributed by atoms with Crippen LogP contribution in [-0.4, -0.2) is 54.0 Å². The predicted molar refractivity (Wildman–Crippen MR) is 149 cm³/mol. The van der Waals surface area contributed by atoms with Crippen LogP contribution in [0.5, 0.6) is 17.2 Å². The predicted octanol–water partition coefficient (Wildman–Crippen LogP) is 5.16. The normalized spacial score (nSPS) is 11.0. The van der Waals surface area contributed by atoms with Crippen LogP contribution in [-0.2, 0) is 4.79 Å². The van der Waals surface area contributed by atoms with E-state index in [4.69, 9.17) is 25.8 Å². The van der Waals surface area contributed by atoms with E-state index in [1.165, 1.54) is 32.2 Å². The van der Waals surface area contributed by atoms with Crippen molar-refractivity contribution in [2.45, 2.75) is 12.1 Å². The quantitative estimate of drug-likeness (QED) is 0.165. The molecule has 1 aromatic heterocycles. The Morgan fingerprint density at radius 3 is 2.34 bits per heavy atom. The van der Waals surface area contributed by atoms with E-state index in [0.29, 0.717) is 38.8 Å². The number of hydrogen-bond donors (Lipinski definition) is 1. The van der Waals surface area contributed by atoms with Gasteiger partial charge in [0.15, 0.2) is 22.5 Å². The Bertz CT molecular complexity index is 1440. The van der Waals surface area contributed by atoms with E-state index in [1.807, 2.05) is 47.9 Å². The third-order valence-electron chi connectivity index (χ3n) is 5.49. The first kappa shape index (κ1) is 27.0. The van der Waals surface area contributed by atoms with Gasteiger partial charge in [-0.3, -0.25) is 9.36 Å². The zero-order valence-electron chi connectivity index (χ0n) is 21.3. The molecule has 0 aliphatic heterocycles. The Kier molecular flexibility index (Phi) is 8.88. The standard InChI is InChI=1S/C27H26ClN5O4S/c1-17-5-12-21(13-6-17)33-26(18-7-10-20(28)11-8-18)31-32-27(33)38-16-23(34)30-29-15-19-9-14-22(35-2)25(37-4)24(19)36-3/h5-15H,16H2,1-4H3,(H,30,34)/b29-15-. The lowest BCUT2D eigenvalue weighted by molar-refractivity contribution is -0.118. The lowest BCUT2D eigenvalue weighted by atomic mass is 10.2. The Labute approximate surface area is 229 Å². The smallest absolute Gasteiger partial charge is 0.250 e. The van der Waals surface area contributed by atoms with Gasteiger partial charge in [-0.1, -0.05) is 41.1 Å². The van der Waals surface area contributed by atoms with E-state index in [2.05, 4.69) is 20.7 Å². The summed E-state index contributed by atoms with van der Waals surface area (Å²) in [5.41, 5.74) is 6.02. The van der Waals surface area contributed by atoms with Gasteiger partial charge in [0.1, 0.15) is 0 Å². The molecule has 0 radical (unpaired) electrons. The summed E-state index contributed by atoms with van der Waals surface area (Å²) < 4.78 is 18.0. The molecule has 0 atom stereocenters. The van der Waals surface area contributed by atoms with Gasteiger partial charge in [0.25, 0.3) is 5.91 Å². The summed E-state index contributed by atoms with van der Waals surface area (Å²) in [6, 6.07) is 18.9. The van der Waals surface area contributed by atoms with Crippen molar-refractivity contribution >= 4 is 35.5 Å². The van der Waals surface area contributed by atoms with Gasteiger partial charge in [-0.15, -0.1) is 10.2 Å². The number of nitrogens with one attached hydrogen (secondary N) is 1. The molecule has 0 saturated heterocycles. The van der Waals surface area contributed by atoms with E-state index in [1.54, 1.807) is 31.4 Å². The summed E-state index contributed by atoms with van der Waals surface area (Å²) >= 11 is 7.32. The molecule has 4 rings (SSSR count). The van der Waals surface area contributed by atoms with Crippen LogP contribution in [0.3, 0.4) is 0 Å². The van der Waals surface area contributed by atoms with Crippen molar-refractivity contribution in [2.75, 3.05) is 27.1 Å². The average molecular weight is 552 g/mol. The molecule has 0 saturated carbocycles. The van der Waals surface area contributed by atoms with Crippen molar-refractivity contribution in [3.05, 3.63) is 76.8 Å². The summed E-state index contributed by atoms with van der Waals surface area (Å²) in [7, 11) is 4.58. The van der Waals surface area contributed by atoms with Crippen molar-refractivity contribution in [3.8, 4) is 34.3 Å². The van der Waals surface area contributed by atoms with Crippen molar-refractivity contribution < 1.29 is 19.0 Å². The molecule has 1 heterocycles. The number of carbonyl (C=O) groups is 1. The van der Waals surface area contributed by atoms with E-state index < -0.39 is 0 Å². The molecule has 1 N–H and O–H groups in total. The maximum absolute atomic E-state index is 12.6. The molecular formula is C27H26ClN5O4S. The number of halogens is 1. The number of thioether (sulfide) groups is 1. The number of amides is 1. The summed E-state index contributed by atoms with van der Waals surface area (Å²) in [6.07, 6.45) is 1.48. The monoisotopic (exact) mass is 551 g/mol. The van der Waals surface area contributed by atoms with Crippen LogP contribution >= 0.6 is 23.4 Å². The highest BCUT2D eigenvalue weighted by atomic mass is 35.5. The maximum Gasteiger partial charge on any atom is 0.250 e. The number of hydrogen-bond acceptors (Lipinski definition) is 8. The minimum Gasteiger partial charge on any atom is -0.493 e. The third kappa shape index (κ3) is 6.09. The highest BCUT2D eigenvalue weighted by Gasteiger charge is 2.18. The molecule has 3 aromatic carbocycles. The fourth-order valence-corrected chi connectivity index (χ4v) is 4.51. The summed E-state index contributed by atoms with van der Waals surface area (Å²) in [5.74, 6) is 1.82. The van der Waals surface area contributed by atoms with E-state index in [9.17, 15) is 4.79 Å². The minimum atomic E-state index is -0.308. The molecule has 11 heteroatoms. The molecule has 9 nitrogen and oxygen atoms in total. The molecular weight excluding hydrogens is 526 g/mol. The second-order valence-corrected chi connectivity index (χ2v) is 9.37. The van der Waals surface area contributed by atoms with E-state index >= 15 is 0 Å². The molecule has 1 amide bonds. The maximum atomic E-state index is 12.6. The van der Waals surface area contributed by atoms with Crippen LogP contribution in [0, 0.1) is 6.92 Å². The van der Waals surface area contributed by atoms with Crippen LogP contribution in [0.1, 0.15) is 11.1 Å². The number of nitrogens with zero attached hydrogens (tertiary/aromatic N) is 4. The fourth-order valence-electron chi connectivity index (χ4n) is 3.64. The number of methoxy groups -OCH3 is 3. The molecule has 0 aliphatic rings. The SMILES string of the molecule is COc1ccc(/C=N\NC(=O)CSc2nnc(-c3ccc(Cl)cc3)n2-c2ccc(C)cc2)c(OC)c1OC. The Balaban J connectivity index is 1.50. The Morgan fingerprint density at radius 1 is 0.974 bits per heavy atom. The van der Waals surface area contributed by atoms with Crippen LogP contribution in [0.2, 0.25) is 5.02 Å². The molecule has 0 bridgehead atoms. The highest BCUT2D eigenvalue weighted by Crippen LogP contribution is 2.39. The molecule has 0 unspecified atom stereocenters. The first-order valence-electron chi connectivity index (χ1n) is 11.5. The van der Waals surface area contributed by atoms with Gasteiger partial charge < -0.3 is 14.2 Å². The van der Waals surface area contributed by atoms with E-state index in [0.717, 1.165) is 16.8 Å². The summed E-state index contributed by atoms with van der Waals surface area (Å²) in [4.78, 5) is 12.6. The Morgan fingerprint density at radius 2 is 1.68 bits per heavy atom. The lowest BCUT2D eigenvalue weighted by Crippen LogP contribution is -2.20. The number of aromatic nitrogens is 3. The van der Waals surface area contributed by atoms with Crippen LogP contribution < -0.4 is 19.6 Å². The van der Waals surface area contributed by atoms with Gasteiger partial charge in [0.05, 0.1) is 33.3 Å². The largest absolute Gasteiger partial charge is 0.493 e. The van der Waals surface area contributed by atoms with Crippen molar-refractivity contribution in [1.29, 1.82) is 0 Å². The fraction of sp³-hybridized carbons (Fsp3) is 0.185. The summed E-state index contributed by atoms with van der Waals surface area (Å²) in [5, 5.41) is 14.0. The Hall–Kier alpha value is -4.02. The van der Waals surface area contributed by atoms with Gasteiger partial charge in [-0.05, 0) is 55.5 Å². The van der Waals surface area contributed by atoms with Gasteiger partial charge in [0, 0.05) is 21.8 Å². The molecule has 0 spiro atoms. The van der Waals surface area contributed by atoms with Gasteiger partial charge in [0.2, 0.25) is 5.75 Å². The van der Waals surface area contributed by atoms with Crippen LogP contribution in [0.25, 0.3) is 17.1 Å². The molecule has 4 aromatic rings. The van der Waals surface area contributed by atoms with Crippen molar-refractivity contribution in [1.82, 2.24) is 20.2 Å². The minimum absolute atomic E-state index is 0.0744. The van der Waals surface area contributed by atoms with Crippen LogP contribution in [0.15, 0.2) is 70.9 Å². The van der Waals surface area contributed by atoms with Crippen LogP contribution in [0.4, 0.5) is 0 Å². The first-order chi connectivity index (χ1) is 18.4. The van der Waals surface area contributed by atoms with Gasteiger partial charge >= 0.3 is 0 Å². The number of ether oxygens (including phenoxy) is 3. The zero-order valence-corrected chi connectivity index (χ0v) is 22.8. The lowest BCUT2D eigenvalue weighted by Gasteiger charge is -2.13. The molecule has 0 aliphatic carbocycles. The number of benzene rings is 3. The number of carbonyl (C=O) groups excluding carboxylic acids is 1. The number of hydrazone groups is 1. The second-order valence-electron chi connectivity index (χ2n) is 7.99. The average Bonchev–Trinajstić information content (AvgIpc) is 3.36. The first-order valence-corrected chi connectivity index (χ1v) is 12.8. The topological polar surface area (TPSA) is 99.9 Å². The van der Waals surface area contributed by atoms with Crippen molar-refractivity contribution in [3.63, 3.8) is 0 Å². The number of aryl methyl sites for hydroxylation is 1.